The van der Waals surface area contributed by atoms with Crippen LogP contribution in [0.1, 0.15) is 37.1 Å². The van der Waals surface area contributed by atoms with Crippen LogP contribution < -0.4 is 5.32 Å². The van der Waals surface area contributed by atoms with Crippen molar-refractivity contribution in [1.29, 1.82) is 0 Å². The molecule has 21 heavy (non-hydrogen) atoms. The number of carbonyl (C=O) groups excluding carboxylic acids is 1. The number of carbonyl (C=O) groups is 1. The average molecular weight is 300 g/mol. The van der Waals surface area contributed by atoms with Crippen molar-refractivity contribution in [3.8, 4) is 0 Å². The SMILES string of the molecule is Cc1ccccc1C1NC(C)C(=O)N1CCCC(F)(F)F. The quantitative estimate of drug-likeness (QED) is 0.926. The van der Waals surface area contributed by atoms with E-state index in [2.05, 4.69) is 5.32 Å². The van der Waals surface area contributed by atoms with Gasteiger partial charge in [0.05, 0.1) is 6.04 Å². The number of hydrogen-bond donors (Lipinski definition) is 1. The smallest absolute Gasteiger partial charge is 0.322 e. The first-order valence-corrected chi connectivity index (χ1v) is 6.98. The number of nitrogens with zero attached hydrogens (tertiary/aromatic N) is 1. The van der Waals surface area contributed by atoms with E-state index in [1.54, 1.807) is 6.92 Å². The standard InChI is InChI=1S/C15H19F3N2O/c1-10-6-3-4-7-12(10)13-19-11(2)14(21)20(13)9-5-8-15(16,17)18/h3-4,6-7,11,13,19H,5,8-9H2,1-2H3. The van der Waals surface area contributed by atoms with Crippen LogP contribution in [0.15, 0.2) is 24.3 Å². The van der Waals surface area contributed by atoms with Gasteiger partial charge >= 0.3 is 6.18 Å². The van der Waals surface area contributed by atoms with Crippen molar-refractivity contribution in [2.24, 2.45) is 0 Å². The van der Waals surface area contributed by atoms with Gasteiger partial charge < -0.3 is 4.90 Å². The predicted octanol–water partition coefficient (Wildman–Crippen LogP) is 3.16. The van der Waals surface area contributed by atoms with Gasteiger partial charge in [0.15, 0.2) is 0 Å². The van der Waals surface area contributed by atoms with E-state index in [9.17, 15) is 18.0 Å². The van der Waals surface area contributed by atoms with Crippen LogP contribution in [-0.4, -0.2) is 29.6 Å². The molecule has 1 aromatic rings. The molecule has 1 fully saturated rings. The third kappa shape index (κ3) is 3.75. The second-order valence-electron chi connectivity index (χ2n) is 5.40. The maximum absolute atomic E-state index is 12.3. The minimum atomic E-state index is -4.18. The summed E-state index contributed by atoms with van der Waals surface area (Å²) in [6.45, 7) is 3.77. The molecule has 6 heteroatoms. The fourth-order valence-corrected chi connectivity index (χ4v) is 2.61. The van der Waals surface area contributed by atoms with Crippen molar-refractivity contribution in [2.75, 3.05) is 6.54 Å². The minimum absolute atomic E-state index is 0.0774. The van der Waals surface area contributed by atoms with E-state index in [-0.39, 0.29) is 31.1 Å². The van der Waals surface area contributed by atoms with Gasteiger partial charge in [-0.3, -0.25) is 10.1 Å². The normalized spacial score (nSPS) is 22.9. The van der Waals surface area contributed by atoms with E-state index in [0.717, 1.165) is 11.1 Å². The second-order valence-corrected chi connectivity index (χ2v) is 5.40. The summed E-state index contributed by atoms with van der Waals surface area (Å²) in [6, 6.07) is 7.21. The Morgan fingerprint density at radius 1 is 1.29 bits per heavy atom. The molecule has 0 spiro atoms. The highest BCUT2D eigenvalue weighted by atomic mass is 19.4. The molecule has 1 amide bonds. The first-order chi connectivity index (χ1) is 9.79. The molecule has 0 saturated carbocycles. The van der Waals surface area contributed by atoms with Gasteiger partial charge in [-0.2, -0.15) is 13.2 Å². The highest BCUT2D eigenvalue weighted by molar-refractivity contribution is 5.84. The lowest BCUT2D eigenvalue weighted by Crippen LogP contribution is -2.32. The summed E-state index contributed by atoms with van der Waals surface area (Å²) in [4.78, 5) is 13.7. The van der Waals surface area contributed by atoms with Gasteiger partial charge in [-0.15, -0.1) is 0 Å². The maximum atomic E-state index is 12.3. The third-order valence-corrected chi connectivity index (χ3v) is 3.72. The van der Waals surface area contributed by atoms with E-state index >= 15 is 0 Å². The van der Waals surface area contributed by atoms with Crippen LogP contribution in [-0.2, 0) is 4.79 Å². The molecule has 0 bridgehead atoms. The summed E-state index contributed by atoms with van der Waals surface area (Å²) in [7, 11) is 0. The molecule has 116 valence electrons. The molecule has 2 rings (SSSR count). The molecule has 0 aliphatic carbocycles. The van der Waals surface area contributed by atoms with Gasteiger partial charge in [-0.1, -0.05) is 24.3 Å². The van der Waals surface area contributed by atoms with Crippen molar-refractivity contribution >= 4 is 5.91 Å². The summed E-state index contributed by atoms with van der Waals surface area (Å²) in [6.07, 6.45) is -5.47. The van der Waals surface area contributed by atoms with E-state index in [4.69, 9.17) is 0 Å². The van der Waals surface area contributed by atoms with E-state index in [1.807, 2.05) is 31.2 Å². The van der Waals surface area contributed by atoms with Crippen molar-refractivity contribution < 1.29 is 18.0 Å². The Labute approximate surface area is 122 Å². The van der Waals surface area contributed by atoms with Crippen molar-refractivity contribution in [3.05, 3.63) is 35.4 Å². The molecule has 2 unspecified atom stereocenters. The highest BCUT2D eigenvalue weighted by Crippen LogP contribution is 2.29. The Morgan fingerprint density at radius 3 is 2.57 bits per heavy atom. The summed E-state index contributed by atoms with van der Waals surface area (Å²) < 4.78 is 36.8. The zero-order chi connectivity index (χ0) is 15.6. The highest BCUT2D eigenvalue weighted by Gasteiger charge is 2.38. The molecule has 0 aromatic heterocycles. The van der Waals surface area contributed by atoms with Gasteiger partial charge in [-0.25, -0.2) is 0 Å². The molecule has 0 radical (unpaired) electrons. The van der Waals surface area contributed by atoms with E-state index < -0.39 is 12.6 Å². The van der Waals surface area contributed by atoms with Crippen molar-refractivity contribution in [1.82, 2.24) is 10.2 Å². The van der Waals surface area contributed by atoms with Gasteiger partial charge in [0.2, 0.25) is 5.91 Å². The summed E-state index contributed by atoms with van der Waals surface area (Å²) in [5.74, 6) is -0.148. The lowest BCUT2D eigenvalue weighted by atomic mass is 10.1. The second kappa shape index (κ2) is 6.05. The largest absolute Gasteiger partial charge is 0.389 e. The zero-order valence-electron chi connectivity index (χ0n) is 12.1. The Kier molecular flexibility index (Phi) is 4.56. The lowest BCUT2D eigenvalue weighted by molar-refractivity contribution is -0.140. The lowest BCUT2D eigenvalue weighted by Gasteiger charge is -2.26. The number of benzene rings is 1. The molecular weight excluding hydrogens is 281 g/mol. The zero-order valence-corrected chi connectivity index (χ0v) is 12.1. The number of hydrogen-bond acceptors (Lipinski definition) is 2. The maximum Gasteiger partial charge on any atom is 0.389 e. The number of rotatable bonds is 4. The van der Waals surface area contributed by atoms with E-state index in [0.29, 0.717) is 0 Å². The third-order valence-electron chi connectivity index (χ3n) is 3.72. The molecule has 1 aliphatic heterocycles. The van der Waals surface area contributed by atoms with Gasteiger partial charge in [-0.05, 0) is 31.4 Å². The van der Waals surface area contributed by atoms with Crippen LogP contribution in [0.5, 0.6) is 0 Å². The summed E-state index contributed by atoms with van der Waals surface area (Å²) in [5, 5.41) is 3.15. The number of amides is 1. The molecule has 1 N–H and O–H groups in total. The Bertz CT molecular complexity index is 516. The molecule has 1 saturated heterocycles. The molecule has 1 aliphatic rings. The van der Waals surface area contributed by atoms with Crippen LogP contribution in [0.3, 0.4) is 0 Å². The molecule has 1 aromatic carbocycles. The first kappa shape index (κ1) is 15.8. The van der Waals surface area contributed by atoms with Crippen LogP contribution >= 0.6 is 0 Å². The Morgan fingerprint density at radius 2 is 1.95 bits per heavy atom. The van der Waals surface area contributed by atoms with Gasteiger partial charge in [0.25, 0.3) is 0 Å². The van der Waals surface area contributed by atoms with E-state index in [1.165, 1.54) is 4.90 Å². The Balaban J connectivity index is 2.12. The fourth-order valence-electron chi connectivity index (χ4n) is 2.61. The minimum Gasteiger partial charge on any atom is -0.322 e. The monoisotopic (exact) mass is 300 g/mol. The van der Waals surface area contributed by atoms with Gasteiger partial charge in [0.1, 0.15) is 6.17 Å². The summed E-state index contributed by atoms with van der Waals surface area (Å²) >= 11 is 0. The summed E-state index contributed by atoms with van der Waals surface area (Å²) in [5.41, 5.74) is 1.94. The Hall–Kier alpha value is -1.56. The van der Waals surface area contributed by atoms with Gasteiger partial charge in [0, 0.05) is 13.0 Å². The number of aryl methyl sites for hydroxylation is 1. The first-order valence-electron chi connectivity index (χ1n) is 6.98. The molecule has 3 nitrogen and oxygen atoms in total. The number of alkyl halides is 3. The topological polar surface area (TPSA) is 32.3 Å². The van der Waals surface area contributed by atoms with Crippen LogP contribution in [0.2, 0.25) is 0 Å². The number of nitrogens with one attached hydrogen (secondary N) is 1. The predicted molar refractivity (Wildman–Crippen MR) is 73.5 cm³/mol. The van der Waals surface area contributed by atoms with Crippen molar-refractivity contribution in [3.63, 3.8) is 0 Å². The number of halogens is 3. The average Bonchev–Trinajstić information content (AvgIpc) is 2.66. The molecular formula is C15H19F3N2O. The van der Waals surface area contributed by atoms with Crippen LogP contribution in [0.4, 0.5) is 13.2 Å². The van der Waals surface area contributed by atoms with Crippen LogP contribution in [0.25, 0.3) is 0 Å². The molecule has 2 atom stereocenters. The fraction of sp³-hybridized carbons (Fsp3) is 0.533. The van der Waals surface area contributed by atoms with Crippen molar-refractivity contribution in [2.45, 2.75) is 45.1 Å². The van der Waals surface area contributed by atoms with Crippen LogP contribution in [0, 0.1) is 6.92 Å². The molecule has 1 heterocycles.